The van der Waals surface area contributed by atoms with Crippen molar-refractivity contribution in [3.63, 3.8) is 0 Å². The summed E-state index contributed by atoms with van der Waals surface area (Å²) in [6, 6.07) is 0. The zero-order chi connectivity index (χ0) is 30.3. The molecule has 0 aromatic heterocycles. The van der Waals surface area contributed by atoms with Crippen LogP contribution in [0.15, 0.2) is 0 Å². The highest BCUT2D eigenvalue weighted by molar-refractivity contribution is 5.45. The molecule has 0 rings (SSSR count). The minimum atomic E-state index is 0.475. The number of hydrogen-bond acceptors (Lipinski definition) is 13. The van der Waals surface area contributed by atoms with Gasteiger partial charge in [0.2, 0.25) is 6.41 Å². The van der Waals surface area contributed by atoms with Crippen molar-refractivity contribution in [2.45, 2.75) is 13.3 Å². The Hall–Kier alpha value is -1.01. The Bertz CT molecular complexity index is 495. The molecule has 0 radical (unpaired) electrons. The number of rotatable bonds is 39. The molecule has 1 amide bonds. The van der Waals surface area contributed by atoms with Gasteiger partial charge in [-0.15, -0.1) is 0 Å². The van der Waals surface area contributed by atoms with Crippen LogP contribution >= 0.6 is 0 Å². The van der Waals surface area contributed by atoms with Crippen molar-refractivity contribution < 1.29 is 61.6 Å². The molecule has 0 saturated carbocycles. The predicted molar refractivity (Wildman–Crippen MR) is 154 cm³/mol. The summed E-state index contributed by atoms with van der Waals surface area (Å²) in [5.74, 6) is 0. The van der Waals surface area contributed by atoms with Crippen LogP contribution in [0.2, 0.25) is 0 Å². The highest BCUT2D eigenvalue weighted by Gasteiger charge is 1.96. The van der Waals surface area contributed by atoms with Gasteiger partial charge in [-0.1, -0.05) is 6.92 Å². The van der Waals surface area contributed by atoms with E-state index >= 15 is 0 Å². The van der Waals surface area contributed by atoms with Crippen LogP contribution in [0.3, 0.4) is 0 Å². The lowest BCUT2D eigenvalue weighted by Crippen LogP contribution is -2.19. The molecule has 0 spiro atoms. The van der Waals surface area contributed by atoms with E-state index < -0.39 is 0 Å². The Kier molecular flexibility index (Phi) is 39.0. The molecule has 252 valence electrons. The Balaban J connectivity index is 3.02. The van der Waals surface area contributed by atoms with Crippen LogP contribution in [0, 0.1) is 0 Å². The first-order chi connectivity index (χ1) is 20.9. The summed E-state index contributed by atoms with van der Waals surface area (Å²) >= 11 is 0. The molecule has 0 aliphatic heterocycles. The molecule has 0 heterocycles. The Labute approximate surface area is 252 Å². The molecular formula is C28H57NO13. The minimum Gasteiger partial charge on any atom is -0.379 e. The lowest BCUT2D eigenvalue weighted by Gasteiger charge is -2.09. The molecule has 0 aromatic rings. The molecule has 0 saturated heterocycles. The predicted octanol–water partition coefficient (Wildman–Crippen LogP) is 0.342. The highest BCUT2D eigenvalue weighted by atomic mass is 16.6. The Morgan fingerprint density at radius 2 is 0.524 bits per heavy atom. The van der Waals surface area contributed by atoms with Gasteiger partial charge in [-0.3, -0.25) is 4.79 Å². The quantitative estimate of drug-likeness (QED) is 0.0752. The largest absolute Gasteiger partial charge is 0.379 e. The van der Waals surface area contributed by atoms with E-state index in [1.807, 2.05) is 0 Å². The maximum absolute atomic E-state index is 10.1. The number of amides is 1. The van der Waals surface area contributed by atoms with E-state index in [0.717, 1.165) is 13.0 Å². The van der Waals surface area contributed by atoms with Crippen molar-refractivity contribution in [3.05, 3.63) is 0 Å². The van der Waals surface area contributed by atoms with Gasteiger partial charge in [0.05, 0.1) is 152 Å². The Morgan fingerprint density at radius 3 is 0.714 bits per heavy atom. The zero-order valence-corrected chi connectivity index (χ0v) is 25.8. The van der Waals surface area contributed by atoms with Gasteiger partial charge >= 0.3 is 0 Å². The van der Waals surface area contributed by atoms with Crippen LogP contribution in [0.5, 0.6) is 0 Å². The highest BCUT2D eigenvalue weighted by Crippen LogP contribution is 1.87. The number of ether oxygens (including phenoxy) is 12. The average molecular weight is 616 g/mol. The van der Waals surface area contributed by atoms with E-state index in [0.29, 0.717) is 165 Å². The van der Waals surface area contributed by atoms with Crippen molar-refractivity contribution in [1.82, 2.24) is 5.32 Å². The van der Waals surface area contributed by atoms with Crippen molar-refractivity contribution in [3.8, 4) is 0 Å². The van der Waals surface area contributed by atoms with Crippen molar-refractivity contribution >= 4 is 6.41 Å². The zero-order valence-electron chi connectivity index (χ0n) is 25.8. The van der Waals surface area contributed by atoms with Crippen LogP contribution in [-0.4, -0.2) is 172 Å². The molecule has 0 aliphatic rings. The van der Waals surface area contributed by atoms with Crippen molar-refractivity contribution in [2.24, 2.45) is 0 Å². The molecule has 0 bridgehead atoms. The summed E-state index contributed by atoms with van der Waals surface area (Å²) in [7, 11) is 0. The van der Waals surface area contributed by atoms with Gasteiger partial charge in [-0.25, -0.2) is 0 Å². The molecular weight excluding hydrogens is 558 g/mol. The molecule has 0 atom stereocenters. The number of carbonyl (C=O) groups is 1. The first-order valence-electron chi connectivity index (χ1n) is 15.0. The van der Waals surface area contributed by atoms with Gasteiger partial charge in [0, 0.05) is 13.2 Å². The lowest BCUT2D eigenvalue weighted by molar-refractivity contribution is -0.109. The van der Waals surface area contributed by atoms with Gasteiger partial charge < -0.3 is 62.2 Å². The summed E-state index contributed by atoms with van der Waals surface area (Å²) in [6.45, 7) is 15.3. The maximum atomic E-state index is 10.1. The van der Waals surface area contributed by atoms with E-state index in [9.17, 15) is 4.79 Å². The van der Waals surface area contributed by atoms with Gasteiger partial charge in [0.1, 0.15) is 0 Å². The second-order valence-corrected chi connectivity index (χ2v) is 8.42. The summed E-state index contributed by atoms with van der Waals surface area (Å²) in [5.41, 5.74) is 0. The third-order valence-corrected chi connectivity index (χ3v) is 4.91. The first-order valence-corrected chi connectivity index (χ1v) is 15.0. The first kappa shape index (κ1) is 41.0. The normalized spacial score (nSPS) is 11.4. The second-order valence-electron chi connectivity index (χ2n) is 8.42. The standard InChI is InChI=1S/C28H57NO13/c1-2-4-31-6-8-33-10-12-35-14-16-37-18-20-39-22-24-41-26-27-42-25-23-40-21-19-38-17-15-36-13-11-34-9-7-32-5-3-29-28-30/h28H,2-27H2,1H3,(H,29,30). The summed E-state index contributed by atoms with van der Waals surface area (Å²) in [5, 5.41) is 2.52. The number of nitrogens with one attached hydrogen (secondary N) is 1. The van der Waals surface area contributed by atoms with Gasteiger partial charge in [-0.05, 0) is 6.42 Å². The van der Waals surface area contributed by atoms with Gasteiger partial charge in [0.25, 0.3) is 0 Å². The fourth-order valence-electron chi connectivity index (χ4n) is 2.86. The lowest BCUT2D eigenvalue weighted by atomic mass is 10.5. The van der Waals surface area contributed by atoms with Gasteiger partial charge in [-0.2, -0.15) is 0 Å². The van der Waals surface area contributed by atoms with Crippen molar-refractivity contribution in [1.29, 1.82) is 0 Å². The second kappa shape index (κ2) is 40.0. The van der Waals surface area contributed by atoms with Gasteiger partial charge in [0.15, 0.2) is 0 Å². The van der Waals surface area contributed by atoms with Crippen LogP contribution < -0.4 is 5.32 Å². The fourth-order valence-corrected chi connectivity index (χ4v) is 2.86. The Morgan fingerprint density at radius 1 is 0.333 bits per heavy atom. The molecule has 14 heteroatoms. The molecule has 0 aromatic carbocycles. The molecule has 0 fully saturated rings. The van der Waals surface area contributed by atoms with E-state index in [2.05, 4.69) is 12.2 Å². The third kappa shape index (κ3) is 39.0. The van der Waals surface area contributed by atoms with Crippen LogP contribution in [0.4, 0.5) is 0 Å². The summed E-state index contributed by atoms with van der Waals surface area (Å²) < 4.78 is 64.9. The number of hydrogen-bond donors (Lipinski definition) is 1. The van der Waals surface area contributed by atoms with Crippen LogP contribution in [0.25, 0.3) is 0 Å². The van der Waals surface area contributed by atoms with Crippen LogP contribution in [0.1, 0.15) is 13.3 Å². The smallest absolute Gasteiger partial charge is 0.207 e. The van der Waals surface area contributed by atoms with E-state index in [1.165, 1.54) is 0 Å². The topological polar surface area (TPSA) is 140 Å². The fraction of sp³-hybridized carbons (Fsp3) is 0.964. The average Bonchev–Trinajstić information content (AvgIpc) is 3.00. The van der Waals surface area contributed by atoms with E-state index in [4.69, 9.17) is 56.8 Å². The van der Waals surface area contributed by atoms with E-state index in [1.54, 1.807) is 0 Å². The summed E-state index contributed by atoms with van der Waals surface area (Å²) in [4.78, 5) is 10.1. The maximum Gasteiger partial charge on any atom is 0.207 e. The molecule has 1 N–H and O–H groups in total. The molecule has 0 aliphatic carbocycles. The van der Waals surface area contributed by atoms with E-state index in [-0.39, 0.29) is 0 Å². The monoisotopic (exact) mass is 615 g/mol. The van der Waals surface area contributed by atoms with Crippen molar-refractivity contribution in [2.75, 3.05) is 165 Å². The SMILES string of the molecule is CCCOCCOCCOCCOCCOCCOCCOCCOCCOCCOCCOCCOCCNC=O. The number of carbonyl (C=O) groups excluding carboxylic acids is 1. The molecule has 0 unspecified atom stereocenters. The molecule has 14 nitrogen and oxygen atoms in total. The molecule has 42 heavy (non-hydrogen) atoms. The minimum absolute atomic E-state index is 0.475. The third-order valence-electron chi connectivity index (χ3n) is 4.91. The summed E-state index contributed by atoms with van der Waals surface area (Å²) in [6.07, 6.45) is 1.67. The van der Waals surface area contributed by atoms with Crippen LogP contribution in [-0.2, 0) is 61.6 Å².